The molecule has 1 heterocycles. The number of anilines is 2. The quantitative estimate of drug-likeness (QED) is 0.675. The third-order valence-electron chi connectivity index (χ3n) is 2.92. The number of hydrogen-bond acceptors (Lipinski definition) is 5. The smallest absolute Gasteiger partial charge is 0.217 e. The van der Waals surface area contributed by atoms with Crippen LogP contribution in [0.15, 0.2) is 36.4 Å². The minimum atomic E-state index is -0.291. The van der Waals surface area contributed by atoms with Crippen LogP contribution in [-0.2, 0) is 4.79 Å². The number of rotatable bonds is 7. The Labute approximate surface area is 123 Å². The highest BCUT2D eigenvalue weighted by Gasteiger charge is 2.06. The molecule has 0 fully saturated rings. The highest BCUT2D eigenvalue weighted by atomic mass is 16.1. The van der Waals surface area contributed by atoms with E-state index in [1.165, 1.54) is 0 Å². The number of carbonyl (C=O) groups excluding carboxylic acids is 1. The van der Waals surface area contributed by atoms with Crippen molar-refractivity contribution < 1.29 is 4.79 Å². The van der Waals surface area contributed by atoms with Gasteiger partial charge in [-0.05, 0) is 6.42 Å². The maximum Gasteiger partial charge on any atom is 0.217 e. The lowest BCUT2D eigenvalue weighted by Crippen LogP contribution is -2.13. The van der Waals surface area contributed by atoms with Gasteiger partial charge in [-0.15, -0.1) is 0 Å². The van der Waals surface area contributed by atoms with Gasteiger partial charge < -0.3 is 16.4 Å². The lowest BCUT2D eigenvalue weighted by Gasteiger charge is -2.09. The van der Waals surface area contributed by atoms with E-state index in [4.69, 9.17) is 5.73 Å². The average Bonchev–Trinajstić information content (AvgIpc) is 2.52. The van der Waals surface area contributed by atoms with Crippen molar-refractivity contribution >= 4 is 17.5 Å². The van der Waals surface area contributed by atoms with E-state index < -0.39 is 0 Å². The molecule has 1 amide bonds. The summed E-state index contributed by atoms with van der Waals surface area (Å²) in [4.78, 5) is 19.6. The zero-order valence-electron chi connectivity index (χ0n) is 12.0. The molecule has 1 aromatic carbocycles. The van der Waals surface area contributed by atoms with Crippen molar-refractivity contribution in [1.29, 1.82) is 0 Å². The first-order valence-electron chi connectivity index (χ1n) is 6.83. The van der Waals surface area contributed by atoms with E-state index in [1.54, 1.807) is 0 Å². The highest BCUT2D eigenvalue weighted by molar-refractivity contribution is 5.73. The number of nitrogens with one attached hydrogen (secondary N) is 2. The predicted octanol–water partition coefficient (Wildman–Crippen LogP) is 1.86. The van der Waals surface area contributed by atoms with Gasteiger partial charge in [0.1, 0.15) is 11.6 Å². The fraction of sp³-hybridized carbons (Fsp3) is 0.267. The topological polar surface area (TPSA) is 92.9 Å². The van der Waals surface area contributed by atoms with Gasteiger partial charge in [0.2, 0.25) is 5.91 Å². The van der Waals surface area contributed by atoms with E-state index in [-0.39, 0.29) is 5.91 Å². The Balaban J connectivity index is 2.12. The molecule has 0 aliphatic carbocycles. The summed E-state index contributed by atoms with van der Waals surface area (Å²) >= 11 is 0. The normalized spacial score (nSPS) is 10.1. The maximum atomic E-state index is 10.7. The molecule has 6 heteroatoms. The predicted molar refractivity (Wildman–Crippen MR) is 83.9 cm³/mol. The van der Waals surface area contributed by atoms with Crippen LogP contribution < -0.4 is 16.4 Å². The van der Waals surface area contributed by atoms with Gasteiger partial charge in [0.25, 0.3) is 0 Å². The van der Waals surface area contributed by atoms with Gasteiger partial charge in [-0.2, -0.15) is 0 Å². The number of benzene rings is 1. The van der Waals surface area contributed by atoms with Crippen molar-refractivity contribution in [3.8, 4) is 11.4 Å². The summed E-state index contributed by atoms with van der Waals surface area (Å²) in [6.07, 6.45) is 1.04. The van der Waals surface area contributed by atoms with Crippen LogP contribution in [0.4, 0.5) is 11.6 Å². The first-order chi connectivity index (χ1) is 10.2. The summed E-state index contributed by atoms with van der Waals surface area (Å²) in [7, 11) is 1.81. The largest absolute Gasteiger partial charge is 0.373 e. The molecule has 1 aromatic heterocycles. The second kappa shape index (κ2) is 7.23. The van der Waals surface area contributed by atoms with Crippen LogP contribution in [0.5, 0.6) is 0 Å². The summed E-state index contributed by atoms with van der Waals surface area (Å²) in [6, 6.07) is 11.6. The minimum Gasteiger partial charge on any atom is -0.373 e. The van der Waals surface area contributed by atoms with Crippen LogP contribution in [0.25, 0.3) is 11.4 Å². The van der Waals surface area contributed by atoms with Crippen LogP contribution in [0.3, 0.4) is 0 Å². The first kappa shape index (κ1) is 14.8. The van der Waals surface area contributed by atoms with Crippen molar-refractivity contribution in [2.24, 2.45) is 5.73 Å². The van der Waals surface area contributed by atoms with E-state index in [2.05, 4.69) is 20.6 Å². The molecule has 21 heavy (non-hydrogen) atoms. The molecule has 0 aliphatic heterocycles. The van der Waals surface area contributed by atoms with Crippen LogP contribution in [-0.4, -0.2) is 29.5 Å². The van der Waals surface area contributed by atoms with Crippen LogP contribution in [0.2, 0.25) is 0 Å². The molecule has 110 valence electrons. The number of hydrogen-bond donors (Lipinski definition) is 3. The van der Waals surface area contributed by atoms with Crippen LogP contribution in [0.1, 0.15) is 12.8 Å². The second-order valence-corrected chi connectivity index (χ2v) is 4.57. The molecule has 6 nitrogen and oxygen atoms in total. The number of carbonyl (C=O) groups is 1. The Morgan fingerprint density at radius 1 is 1.19 bits per heavy atom. The summed E-state index contributed by atoms with van der Waals surface area (Å²) in [5.41, 5.74) is 6.07. The molecule has 0 atom stereocenters. The van der Waals surface area contributed by atoms with E-state index in [1.807, 2.05) is 43.4 Å². The lowest BCUT2D eigenvalue weighted by molar-refractivity contribution is -0.118. The van der Waals surface area contributed by atoms with E-state index in [9.17, 15) is 4.79 Å². The number of nitrogens with two attached hydrogens (primary N) is 1. The van der Waals surface area contributed by atoms with Crippen molar-refractivity contribution in [3.63, 3.8) is 0 Å². The van der Waals surface area contributed by atoms with Crippen molar-refractivity contribution in [2.75, 3.05) is 24.2 Å². The Morgan fingerprint density at radius 3 is 2.57 bits per heavy atom. The Kier molecular flexibility index (Phi) is 5.09. The van der Waals surface area contributed by atoms with Gasteiger partial charge in [0.15, 0.2) is 5.82 Å². The van der Waals surface area contributed by atoms with Crippen molar-refractivity contribution in [2.45, 2.75) is 12.8 Å². The van der Waals surface area contributed by atoms with Gasteiger partial charge in [-0.1, -0.05) is 30.3 Å². The van der Waals surface area contributed by atoms with E-state index >= 15 is 0 Å². The van der Waals surface area contributed by atoms with Crippen molar-refractivity contribution in [1.82, 2.24) is 9.97 Å². The zero-order valence-corrected chi connectivity index (χ0v) is 12.0. The van der Waals surface area contributed by atoms with Crippen LogP contribution in [0, 0.1) is 0 Å². The molecule has 0 radical (unpaired) electrons. The molecule has 0 unspecified atom stereocenters. The number of amides is 1. The molecule has 4 N–H and O–H groups in total. The van der Waals surface area contributed by atoms with Gasteiger partial charge in [0.05, 0.1) is 0 Å². The maximum absolute atomic E-state index is 10.7. The Bertz CT molecular complexity index is 600. The molecule has 2 aromatic rings. The molecule has 0 spiro atoms. The molecule has 0 aliphatic rings. The monoisotopic (exact) mass is 285 g/mol. The molecule has 0 bridgehead atoms. The SMILES string of the molecule is CNc1cc(NCCCC(N)=O)nc(-c2ccccc2)n1. The van der Waals surface area contributed by atoms with Crippen molar-refractivity contribution in [3.05, 3.63) is 36.4 Å². The van der Waals surface area contributed by atoms with Gasteiger partial charge in [0, 0.05) is 31.6 Å². The average molecular weight is 285 g/mol. The third-order valence-corrected chi connectivity index (χ3v) is 2.92. The molecule has 0 saturated heterocycles. The third kappa shape index (κ3) is 4.45. The van der Waals surface area contributed by atoms with Gasteiger partial charge >= 0.3 is 0 Å². The Morgan fingerprint density at radius 2 is 1.90 bits per heavy atom. The first-order valence-corrected chi connectivity index (χ1v) is 6.83. The fourth-order valence-corrected chi connectivity index (χ4v) is 1.86. The molecular weight excluding hydrogens is 266 g/mol. The summed E-state index contributed by atoms with van der Waals surface area (Å²) in [5.74, 6) is 1.82. The van der Waals surface area contributed by atoms with Crippen LogP contribution >= 0.6 is 0 Å². The lowest BCUT2D eigenvalue weighted by atomic mass is 10.2. The Hall–Kier alpha value is -2.63. The zero-order chi connectivity index (χ0) is 15.1. The summed E-state index contributed by atoms with van der Waals surface area (Å²) in [6.45, 7) is 0.636. The van der Waals surface area contributed by atoms with Gasteiger partial charge in [-0.25, -0.2) is 9.97 Å². The molecular formula is C15H19N5O. The fourth-order valence-electron chi connectivity index (χ4n) is 1.86. The summed E-state index contributed by atoms with van der Waals surface area (Å²) in [5, 5.41) is 6.21. The second-order valence-electron chi connectivity index (χ2n) is 4.57. The number of nitrogens with zero attached hydrogens (tertiary/aromatic N) is 2. The van der Waals surface area contributed by atoms with E-state index in [0.717, 1.165) is 17.2 Å². The number of primary amides is 1. The molecule has 0 saturated carbocycles. The minimum absolute atomic E-state index is 0.291. The molecule has 2 rings (SSSR count). The van der Waals surface area contributed by atoms with Gasteiger partial charge in [-0.3, -0.25) is 4.79 Å². The summed E-state index contributed by atoms with van der Waals surface area (Å²) < 4.78 is 0. The highest BCUT2D eigenvalue weighted by Crippen LogP contribution is 2.19. The van der Waals surface area contributed by atoms with E-state index in [0.29, 0.717) is 25.2 Å². The number of aromatic nitrogens is 2. The standard InChI is InChI=1S/C15H19N5O/c1-17-13-10-14(18-9-5-8-12(16)21)20-15(19-13)11-6-3-2-4-7-11/h2-4,6-7,10H,5,8-9H2,1H3,(H2,16,21)(H2,17,18,19,20).